The average molecular weight is 187 g/mol. The van der Waals surface area contributed by atoms with Gasteiger partial charge in [-0.3, -0.25) is 0 Å². The Hall–Kier alpha value is -0.870. The van der Waals surface area contributed by atoms with Crippen molar-refractivity contribution < 1.29 is 14.0 Å². The molecule has 0 saturated heterocycles. The van der Waals surface area contributed by atoms with Crippen LogP contribution in [0.5, 0.6) is 0 Å². The molecule has 0 aliphatic carbocycles. The van der Waals surface area contributed by atoms with Crippen molar-refractivity contribution in [3.05, 3.63) is 11.8 Å². The van der Waals surface area contributed by atoms with Gasteiger partial charge in [-0.2, -0.15) is 0 Å². The van der Waals surface area contributed by atoms with E-state index in [4.69, 9.17) is 10.5 Å². The average Bonchev–Trinajstić information content (AvgIpc) is 1.96. The molecule has 0 rings (SSSR count). The Bertz CT molecular complexity index is 204. The molecule has 13 heavy (non-hydrogen) atoms. The van der Waals surface area contributed by atoms with Crippen LogP contribution in [0.2, 0.25) is 0 Å². The summed E-state index contributed by atoms with van der Waals surface area (Å²) < 4.78 is 5.46. The summed E-state index contributed by atoms with van der Waals surface area (Å²) in [7, 11) is 5.92. The van der Waals surface area contributed by atoms with Crippen LogP contribution in [0.1, 0.15) is 6.92 Å². The van der Waals surface area contributed by atoms with E-state index in [1.54, 1.807) is 6.92 Å². The monoisotopic (exact) mass is 187 g/mol. The van der Waals surface area contributed by atoms with Crippen LogP contribution in [0.15, 0.2) is 11.8 Å². The summed E-state index contributed by atoms with van der Waals surface area (Å²) in [6.45, 7) is 2.38. The van der Waals surface area contributed by atoms with E-state index < -0.39 is 0 Å². The van der Waals surface area contributed by atoms with Crippen LogP contribution in [0, 0.1) is 0 Å². The molecule has 2 N–H and O–H groups in total. The normalized spacial score (nSPS) is 12.8. The lowest BCUT2D eigenvalue weighted by molar-refractivity contribution is -0.817. The fourth-order valence-electron chi connectivity index (χ4n) is 0.899. The van der Waals surface area contributed by atoms with Crippen LogP contribution in [0.25, 0.3) is 0 Å². The first kappa shape index (κ1) is 12.1. The van der Waals surface area contributed by atoms with Crippen LogP contribution >= 0.6 is 0 Å². The number of nitrogens with two attached hydrogens (primary N) is 1. The fraction of sp³-hybridized carbons (Fsp3) is 0.667. The van der Waals surface area contributed by atoms with Gasteiger partial charge in [0, 0.05) is 6.54 Å². The second kappa shape index (κ2) is 4.99. The molecule has 0 spiro atoms. The second-order valence-electron chi connectivity index (χ2n) is 3.85. The van der Waals surface area contributed by atoms with E-state index in [1.807, 2.05) is 27.3 Å². The van der Waals surface area contributed by atoms with E-state index in [0.29, 0.717) is 16.6 Å². The zero-order valence-electron chi connectivity index (χ0n) is 8.83. The minimum absolute atomic E-state index is 0.279. The predicted octanol–water partition coefficient (Wildman–Crippen LogP) is 0.0983. The highest BCUT2D eigenvalue weighted by Gasteiger charge is 2.11. The number of hydrogen-bond donors (Lipinski definition) is 1. The first-order valence-electron chi connectivity index (χ1n) is 4.24. The SMILES string of the molecule is CC(=C[N+](C)(C)C)C(=O)OCCN. The number of rotatable bonds is 4. The first-order chi connectivity index (χ1) is 5.87. The number of quaternary nitrogens is 1. The van der Waals surface area contributed by atoms with Gasteiger partial charge in [0.15, 0.2) is 0 Å². The standard InChI is InChI=1S/C9H19N2O2/c1-8(7-11(2,3)4)9(12)13-6-5-10/h7H,5-6,10H2,1-4H3/q+1. The molecular formula is C9H19N2O2+. The summed E-state index contributed by atoms with van der Waals surface area (Å²) in [5.41, 5.74) is 5.82. The minimum atomic E-state index is -0.293. The highest BCUT2D eigenvalue weighted by atomic mass is 16.5. The van der Waals surface area contributed by atoms with Crippen LogP contribution in [0.4, 0.5) is 0 Å². The van der Waals surface area contributed by atoms with E-state index in [9.17, 15) is 4.79 Å². The molecule has 0 aromatic rings. The van der Waals surface area contributed by atoms with Crippen molar-refractivity contribution >= 4 is 5.97 Å². The van der Waals surface area contributed by atoms with Gasteiger partial charge >= 0.3 is 5.97 Å². The van der Waals surface area contributed by atoms with Gasteiger partial charge in [0.05, 0.1) is 26.7 Å². The molecule has 4 nitrogen and oxygen atoms in total. The van der Waals surface area contributed by atoms with E-state index >= 15 is 0 Å². The predicted molar refractivity (Wildman–Crippen MR) is 51.8 cm³/mol. The number of ether oxygens (including phenoxy) is 1. The van der Waals surface area contributed by atoms with Gasteiger partial charge in [0.2, 0.25) is 0 Å². The Labute approximate surface area is 79.6 Å². The zero-order valence-corrected chi connectivity index (χ0v) is 8.83. The summed E-state index contributed by atoms with van der Waals surface area (Å²) in [5, 5.41) is 0. The Kier molecular flexibility index (Phi) is 4.66. The van der Waals surface area contributed by atoms with Gasteiger partial charge in [0.1, 0.15) is 12.8 Å². The molecule has 0 fully saturated rings. The quantitative estimate of drug-likeness (QED) is 0.386. The van der Waals surface area contributed by atoms with E-state index in [0.717, 1.165) is 0 Å². The molecule has 0 bridgehead atoms. The third-order valence-corrected chi connectivity index (χ3v) is 1.25. The highest BCUT2D eigenvalue weighted by Crippen LogP contribution is 2.01. The largest absolute Gasteiger partial charge is 0.461 e. The Morgan fingerprint density at radius 3 is 2.38 bits per heavy atom. The summed E-state index contributed by atoms with van der Waals surface area (Å²) in [6, 6.07) is 0. The maximum absolute atomic E-state index is 11.2. The molecule has 0 radical (unpaired) electrons. The van der Waals surface area contributed by atoms with Gasteiger partial charge in [-0.15, -0.1) is 0 Å². The van der Waals surface area contributed by atoms with Crippen molar-refractivity contribution in [2.24, 2.45) is 5.73 Å². The Morgan fingerprint density at radius 2 is 2.00 bits per heavy atom. The second-order valence-corrected chi connectivity index (χ2v) is 3.85. The smallest absolute Gasteiger partial charge is 0.339 e. The third-order valence-electron chi connectivity index (χ3n) is 1.25. The fourth-order valence-corrected chi connectivity index (χ4v) is 0.899. The van der Waals surface area contributed by atoms with Gasteiger partial charge in [-0.25, -0.2) is 4.79 Å². The number of carbonyl (C=O) groups is 1. The van der Waals surface area contributed by atoms with Crippen molar-refractivity contribution in [3.63, 3.8) is 0 Å². The maximum Gasteiger partial charge on any atom is 0.339 e. The van der Waals surface area contributed by atoms with Gasteiger partial charge < -0.3 is 15.0 Å². The lowest BCUT2D eigenvalue weighted by Gasteiger charge is -2.18. The molecule has 0 atom stereocenters. The summed E-state index contributed by atoms with van der Waals surface area (Å²) in [5.74, 6) is -0.293. The van der Waals surface area contributed by atoms with E-state index in [-0.39, 0.29) is 12.6 Å². The van der Waals surface area contributed by atoms with Crippen LogP contribution in [-0.2, 0) is 9.53 Å². The van der Waals surface area contributed by atoms with Crippen molar-refractivity contribution in [1.29, 1.82) is 0 Å². The first-order valence-corrected chi connectivity index (χ1v) is 4.24. The van der Waals surface area contributed by atoms with Crippen LogP contribution in [-0.4, -0.2) is 44.7 Å². The Balaban J connectivity index is 4.17. The number of hydrogen-bond acceptors (Lipinski definition) is 3. The summed E-state index contributed by atoms with van der Waals surface area (Å²) in [6.07, 6.45) is 1.83. The third kappa shape index (κ3) is 6.31. The lowest BCUT2D eigenvalue weighted by Crippen LogP contribution is -2.28. The molecular weight excluding hydrogens is 168 g/mol. The molecule has 0 amide bonds. The highest BCUT2D eigenvalue weighted by molar-refractivity contribution is 5.87. The molecule has 0 aliphatic rings. The van der Waals surface area contributed by atoms with Gasteiger partial charge in [-0.1, -0.05) is 0 Å². The van der Waals surface area contributed by atoms with Gasteiger partial charge in [0.25, 0.3) is 0 Å². The molecule has 0 saturated carbocycles. The Morgan fingerprint density at radius 1 is 1.46 bits per heavy atom. The van der Waals surface area contributed by atoms with Gasteiger partial charge in [-0.05, 0) is 6.92 Å². The van der Waals surface area contributed by atoms with Crippen LogP contribution in [0.3, 0.4) is 0 Å². The summed E-state index contributed by atoms with van der Waals surface area (Å²) in [4.78, 5) is 11.2. The number of nitrogens with zero attached hydrogens (tertiary/aromatic N) is 1. The molecule has 76 valence electrons. The van der Waals surface area contributed by atoms with E-state index in [2.05, 4.69) is 0 Å². The molecule has 0 aromatic heterocycles. The molecule has 4 heteroatoms. The lowest BCUT2D eigenvalue weighted by atomic mass is 10.3. The summed E-state index contributed by atoms with van der Waals surface area (Å²) >= 11 is 0. The topological polar surface area (TPSA) is 52.3 Å². The van der Waals surface area contributed by atoms with Crippen molar-refractivity contribution in [2.45, 2.75) is 6.92 Å². The zero-order chi connectivity index (χ0) is 10.5. The molecule has 0 aliphatic heterocycles. The minimum Gasteiger partial charge on any atom is -0.461 e. The van der Waals surface area contributed by atoms with E-state index in [1.165, 1.54) is 0 Å². The van der Waals surface area contributed by atoms with Crippen molar-refractivity contribution in [3.8, 4) is 0 Å². The molecule has 0 unspecified atom stereocenters. The molecule has 0 heterocycles. The van der Waals surface area contributed by atoms with Crippen molar-refractivity contribution in [2.75, 3.05) is 34.3 Å². The van der Waals surface area contributed by atoms with Crippen molar-refractivity contribution in [1.82, 2.24) is 0 Å². The molecule has 0 aromatic carbocycles. The number of carbonyl (C=O) groups excluding carboxylic acids is 1. The maximum atomic E-state index is 11.2. The van der Waals surface area contributed by atoms with Crippen LogP contribution < -0.4 is 5.73 Å². The number of esters is 1.